The maximum Gasteiger partial charge on any atom is 0.430 e. The van der Waals surface area contributed by atoms with Gasteiger partial charge in [0.05, 0.1) is 0 Å². The predicted molar refractivity (Wildman–Crippen MR) is 129 cm³/mol. The fourth-order valence-electron chi connectivity index (χ4n) is 3.70. The van der Waals surface area contributed by atoms with E-state index in [1.165, 1.54) is 24.3 Å². The lowest BCUT2D eigenvalue weighted by molar-refractivity contribution is -0.376. The molecule has 0 saturated carbocycles. The minimum atomic E-state index is -6.13. The van der Waals surface area contributed by atoms with Crippen LogP contribution in [0.5, 0.6) is 11.5 Å². The Kier molecular flexibility index (Phi) is 7.38. The van der Waals surface area contributed by atoms with Gasteiger partial charge in [-0.15, -0.1) is 0 Å². The molecule has 1 amide bonds. The van der Waals surface area contributed by atoms with Crippen molar-refractivity contribution < 1.29 is 45.4 Å². The summed E-state index contributed by atoms with van der Waals surface area (Å²) in [4.78, 5) is 12.6. The van der Waals surface area contributed by atoms with Crippen LogP contribution in [0.4, 0.5) is 36.4 Å². The van der Waals surface area contributed by atoms with E-state index in [0.717, 1.165) is 0 Å². The SMILES string of the molecule is O=C(Nc1ccc(-c2ccc(C(O)(C(F)(F)F)C(F)(F)F)cc2F)cc1)c1ccc(Oc2ccccc2)cc1. The van der Waals surface area contributed by atoms with Crippen molar-refractivity contribution in [2.75, 3.05) is 5.32 Å². The molecule has 4 aromatic carbocycles. The molecule has 4 aromatic rings. The van der Waals surface area contributed by atoms with Crippen LogP contribution in [-0.2, 0) is 5.60 Å². The van der Waals surface area contributed by atoms with E-state index >= 15 is 0 Å². The van der Waals surface area contributed by atoms with Gasteiger partial charge < -0.3 is 15.2 Å². The predicted octanol–water partition coefficient (Wildman–Crippen LogP) is 7.85. The molecular formula is C28H18F7NO3. The molecule has 11 heteroatoms. The average molecular weight is 549 g/mol. The van der Waals surface area contributed by atoms with Crippen molar-refractivity contribution in [1.82, 2.24) is 0 Å². The molecule has 0 aromatic heterocycles. The summed E-state index contributed by atoms with van der Waals surface area (Å²) in [6.07, 6.45) is -12.3. The van der Waals surface area contributed by atoms with E-state index in [2.05, 4.69) is 5.32 Å². The quantitative estimate of drug-likeness (QED) is 0.241. The van der Waals surface area contributed by atoms with Crippen LogP contribution in [-0.4, -0.2) is 23.4 Å². The lowest BCUT2D eigenvalue weighted by Crippen LogP contribution is -2.53. The van der Waals surface area contributed by atoms with Crippen LogP contribution in [0.25, 0.3) is 11.1 Å². The number of aliphatic hydroxyl groups is 1. The Balaban J connectivity index is 1.47. The zero-order chi connectivity index (χ0) is 28.4. The summed E-state index contributed by atoms with van der Waals surface area (Å²) in [6, 6.07) is 21.8. The van der Waals surface area contributed by atoms with Gasteiger partial charge in [0.25, 0.3) is 11.5 Å². The van der Waals surface area contributed by atoms with Crippen molar-refractivity contribution in [1.29, 1.82) is 0 Å². The second-order valence-corrected chi connectivity index (χ2v) is 8.37. The maximum absolute atomic E-state index is 14.6. The maximum atomic E-state index is 14.6. The molecule has 0 atom stereocenters. The van der Waals surface area contributed by atoms with E-state index in [1.54, 1.807) is 36.4 Å². The third kappa shape index (κ3) is 5.73. The second kappa shape index (κ2) is 10.4. The monoisotopic (exact) mass is 549 g/mol. The first kappa shape index (κ1) is 27.6. The molecule has 0 aliphatic carbocycles. The zero-order valence-corrected chi connectivity index (χ0v) is 19.6. The number of alkyl halides is 6. The lowest BCUT2D eigenvalue weighted by Gasteiger charge is -2.32. The van der Waals surface area contributed by atoms with E-state index in [0.29, 0.717) is 34.9 Å². The number of ether oxygens (including phenoxy) is 1. The number of amides is 1. The fourth-order valence-corrected chi connectivity index (χ4v) is 3.70. The highest BCUT2D eigenvalue weighted by Crippen LogP contribution is 2.50. The Morgan fingerprint density at radius 1 is 0.718 bits per heavy atom. The minimum absolute atomic E-state index is 0.00281. The van der Waals surface area contributed by atoms with E-state index in [1.807, 2.05) is 18.2 Å². The first-order valence-corrected chi connectivity index (χ1v) is 11.2. The van der Waals surface area contributed by atoms with E-state index < -0.39 is 35.2 Å². The molecule has 0 aliphatic rings. The number of nitrogens with one attached hydrogen (secondary N) is 1. The van der Waals surface area contributed by atoms with Gasteiger partial charge in [-0.3, -0.25) is 4.79 Å². The molecule has 4 nitrogen and oxygen atoms in total. The Hall–Kier alpha value is -4.38. The number of benzene rings is 4. The second-order valence-electron chi connectivity index (χ2n) is 8.37. The highest BCUT2D eigenvalue weighted by atomic mass is 19.4. The molecule has 0 heterocycles. The van der Waals surface area contributed by atoms with Crippen LogP contribution in [0.3, 0.4) is 0 Å². The van der Waals surface area contributed by atoms with Crippen LogP contribution in [0, 0.1) is 5.82 Å². The number of anilines is 1. The number of carbonyl (C=O) groups is 1. The molecular weight excluding hydrogens is 531 g/mol. The van der Waals surface area contributed by atoms with Crippen LogP contribution < -0.4 is 10.1 Å². The first-order valence-electron chi connectivity index (χ1n) is 11.2. The summed E-state index contributed by atoms with van der Waals surface area (Å²) in [5.74, 6) is -0.742. The summed E-state index contributed by atoms with van der Waals surface area (Å²) in [6.45, 7) is 0. The molecule has 0 unspecified atom stereocenters. The molecule has 202 valence electrons. The molecule has 0 bridgehead atoms. The van der Waals surface area contributed by atoms with Gasteiger partial charge in [-0.25, -0.2) is 4.39 Å². The molecule has 0 aliphatic heterocycles. The average Bonchev–Trinajstić information content (AvgIpc) is 2.88. The topological polar surface area (TPSA) is 58.6 Å². The van der Waals surface area contributed by atoms with E-state index in [9.17, 15) is 40.6 Å². The van der Waals surface area contributed by atoms with Gasteiger partial charge in [0.15, 0.2) is 0 Å². The zero-order valence-electron chi connectivity index (χ0n) is 19.6. The third-order valence-electron chi connectivity index (χ3n) is 5.76. The molecule has 0 fully saturated rings. The van der Waals surface area contributed by atoms with Gasteiger partial charge in [0.2, 0.25) is 0 Å². The smallest absolute Gasteiger partial charge is 0.430 e. The molecule has 0 saturated heterocycles. The molecule has 39 heavy (non-hydrogen) atoms. The number of rotatable bonds is 6. The summed E-state index contributed by atoms with van der Waals surface area (Å²) in [5, 5.41) is 12.1. The van der Waals surface area contributed by atoms with E-state index in [4.69, 9.17) is 4.74 Å². The largest absolute Gasteiger partial charge is 0.457 e. The number of halogens is 7. The molecule has 4 rings (SSSR count). The van der Waals surface area contributed by atoms with Crippen molar-refractivity contribution in [3.8, 4) is 22.6 Å². The number of para-hydroxylation sites is 1. The minimum Gasteiger partial charge on any atom is -0.457 e. The van der Waals surface area contributed by atoms with Crippen molar-refractivity contribution in [2.24, 2.45) is 0 Å². The van der Waals surface area contributed by atoms with Gasteiger partial charge in [0.1, 0.15) is 17.3 Å². The Bertz CT molecular complexity index is 1440. The summed E-state index contributed by atoms with van der Waals surface area (Å²) >= 11 is 0. The fraction of sp³-hybridized carbons (Fsp3) is 0.107. The van der Waals surface area contributed by atoms with Gasteiger partial charge >= 0.3 is 12.4 Å². The first-order chi connectivity index (χ1) is 18.3. The van der Waals surface area contributed by atoms with Gasteiger partial charge in [-0.2, -0.15) is 26.3 Å². The summed E-state index contributed by atoms with van der Waals surface area (Å²) in [5.41, 5.74) is -6.52. The highest BCUT2D eigenvalue weighted by Gasteiger charge is 2.71. The molecule has 0 spiro atoms. The van der Waals surface area contributed by atoms with Crippen molar-refractivity contribution in [3.05, 3.63) is 114 Å². The molecule has 2 N–H and O–H groups in total. The van der Waals surface area contributed by atoms with Crippen LogP contribution in [0.15, 0.2) is 97.1 Å². The third-order valence-corrected chi connectivity index (χ3v) is 5.76. The van der Waals surface area contributed by atoms with Gasteiger partial charge in [-0.1, -0.05) is 42.5 Å². The Labute approximate surface area is 217 Å². The van der Waals surface area contributed by atoms with Crippen LogP contribution in [0.1, 0.15) is 15.9 Å². The lowest BCUT2D eigenvalue weighted by atomic mass is 9.90. The van der Waals surface area contributed by atoms with Gasteiger partial charge in [-0.05, 0) is 60.2 Å². The normalized spacial score (nSPS) is 12.2. The van der Waals surface area contributed by atoms with Gasteiger partial charge in [0, 0.05) is 22.4 Å². The van der Waals surface area contributed by atoms with Crippen LogP contribution >= 0.6 is 0 Å². The van der Waals surface area contributed by atoms with Crippen molar-refractivity contribution in [3.63, 3.8) is 0 Å². The summed E-state index contributed by atoms with van der Waals surface area (Å²) in [7, 11) is 0. The van der Waals surface area contributed by atoms with Crippen molar-refractivity contribution >= 4 is 11.6 Å². The Morgan fingerprint density at radius 3 is 1.82 bits per heavy atom. The molecule has 0 radical (unpaired) electrons. The number of hydrogen-bond acceptors (Lipinski definition) is 3. The highest BCUT2D eigenvalue weighted by molar-refractivity contribution is 6.04. The van der Waals surface area contributed by atoms with E-state index in [-0.39, 0.29) is 17.2 Å². The summed E-state index contributed by atoms with van der Waals surface area (Å²) < 4.78 is 98.8. The number of carbonyl (C=O) groups excluding carboxylic acids is 1. The number of hydrogen-bond donors (Lipinski definition) is 2. The van der Waals surface area contributed by atoms with Crippen LogP contribution in [0.2, 0.25) is 0 Å². The van der Waals surface area contributed by atoms with Crippen molar-refractivity contribution in [2.45, 2.75) is 18.0 Å². The Morgan fingerprint density at radius 2 is 1.28 bits per heavy atom. The standard InChI is InChI=1S/C28H18F7NO3/c29-24-16-19(26(38,27(30,31)32)28(33,34)35)10-15-23(24)17-6-11-20(12-7-17)36-25(37)18-8-13-22(14-9-18)39-21-4-2-1-3-5-21/h1-16,38H,(H,36,37).